The van der Waals surface area contributed by atoms with Gasteiger partial charge in [-0.1, -0.05) is 12.1 Å². The highest BCUT2D eigenvalue weighted by Crippen LogP contribution is 2.48. The molecule has 2 aromatic rings. The second kappa shape index (κ2) is 8.40. The number of ether oxygens (including phenoxy) is 1. The highest BCUT2D eigenvalue weighted by molar-refractivity contribution is 7.91. The summed E-state index contributed by atoms with van der Waals surface area (Å²) in [5, 5.41) is 12.2. The largest absolute Gasteiger partial charge is 0.492 e. The number of nitriles is 1. The van der Waals surface area contributed by atoms with Gasteiger partial charge in [0.05, 0.1) is 21.8 Å². The van der Waals surface area contributed by atoms with Gasteiger partial charge in [-0.15, -0.1) is 0 Å². The van der Waals surface area contributed by atoms with Crippen LogP contribution in [0.3, 0.4) is 0 Å². The molecule has 34 heavy (non-hydrogen) atoms. The Balaban J connectivity index is 1.16. The van der Waals surface area contributed by atoms with Crippen LogP contribution < -0.4 is 10.1 Å². The number of piperidine rings is 1. The molecule has 8 heteroatoms. The third-order valence-electron chi connectivity index (χ3n) is 7.98. The predicted octanol–water partition coefficient (Wildman–Crippen LogP) is 3.35. The highest BCUT2D eigenvalue weighted by atomic mass is 32.2. The normalized spacial score (nSPS) is 20.8. The summed E-state index contributed by atoms with van der Waals surface area (Å²) in [6.45, 7) is 2.83. The third kappa shape index (κ3) is 3.68. The van der Waals surface area contributed by atoms with Crippen LogP contribution in [-0.2, 0) is 24.8 Å². The molecule has 5 rings (SSSR count). The number of anilines is 1. The van der Waals surface area contributed by atoms with E-state index in [4.69, 9.17) is 4.74 Å². The van der Waals surface area contributed by atoms with E-state index in [-0.39, 0.29) is 5.91 Å². The molecule has 1 aliphatic carbocycles. The van der Waals surface area contributed by atoms with Gasteiger partial charge in [-0.2, -0.15) is 5.26 Å². The molecule has 1 amide bonds. The van der Waals surface area contributed by atoms with Crippen molar-refractivity contribution >= 4 is 21.4 Å². The Labute approximate surface area is 200 Å². The van der Waals surface area contributed by atoms with Gasteiger partial charge in [0.1, 0.15) is 12.4 Å². The van der Waals surface area contributed by atoms with Crippen LogP contribution >= 0.6 is 0 Å². The van der Waals surface area contributed by atoms with Crippen LogP contribution in [0.25, 0.3) is 0 Å². The lowest BCUT2D eigenvalue weighted by atomic mass is 9.73. The van der Waals surface area contributed by atoms with Crippen molar-refractivity contribution in [2.24, 2.45) is 0 Å². The molecule has 2 aliphatic heterocycles. The number of rotatable bonds is 6. The Morgan fingerprint density at radius 1 is 1.09 bits per heavy atom. The van der Waals surface area contributed by atoms with Crippen molar-refractivity contribution in [3.05, 3.63) is 59.2 Å². The lowest BCUT2D eigenvalue weighted by Crippen LogP contribution is -2.47. The van der Waals surface area contributed by atoms with Gasteiger partial charge in [-0.25, -0.2) is 8.42 Å². The number of hydrogen-bond donors (Lipinski definition) is 1. The van der Waals surface area contributed by atoms with Crippen LogP contribution in [0.4, 0.5) is 5.69 Å². The van der Waals surface area contributed by atoms with Crippen molar-refractivity contribution < 1.29 is 17.9 Å². The number of carbonyl (C=O) groups is 1. The van der Waals surface area contributed by atoms with E-state index in [9.17, 15) is 18.5 Å². The molecule has 1 spiro atoms. The molecule has 0 bridgehead atoms. The van der Waals surface area contributed by atoms with Crippen LogP contribution in [0.15, 0.2) is 42.5 Å². The molecule has 2 heterocycles. The minimum Gasteiger partial charge on any atom is -0.492 e. The molecule has 7 nitrogen and oxygen atoms in total. The van der Waals surface area contributed by atoms with E-state index in [1.54, 1.807) is 6.07 Å². The van der Waals surface area contributed by atoms with E-state index in [0.29, 0.717) is 37.9 Å². The van der Waals surface area contributed by atoms with E-state index < -0.39 is 20.0 Å². The number of carbonyl (C=O) groups excluding carboxylic acids is 1. The maximum absolute atomic E-state index is 12.8. The van der Waals surface area contributed by atoms with Crippen molar-refractivity contribution in [2.75, 3.05) is 37.8 Å². The Morgan fingerprint density at radius 2 is 1.79 bits per heavy atom. The number of nitrogens with zero attached hydrogens (tertiary/aromatic N) is 2. The van der Waals surface area contributed by atoms with Crippen molar-refractivity contribution in [3.8, 4) is 11.8 Å². The summed E-state index contributed by atoms with van der Waals surface area (Å²) in [6, 6.07) is 15.1. The van der Waals surface area contributed by atoms with E-state index in [1.165, 1.54) is 6.26 Å². The molecule has 1 saturated heterocycles. The lowest BCUT2D eigenvalue weighted by molar-refractivity contribution is -0.122. The third-order valence-corrected chi connectivity index (χ3v) is 10.0. The van der Waals surface area contributed by atoms with Gasteiger partial charge in [0, 0.05) is 18.5 Å². The highest BCUT2D eigenvalue weighted by Gasteiger charge is 2.49. The molecule has 1 saturated carbocycles. The second-order valence-electron chi connectivity index (χ2n) is 9.74. The monoisotopic (exact) mass is 479 g/mol. The average Bonchev–Trinajstić information content (AvgIpc) is 3.05. The van der Waals surface area contributed by atoms with Crippen molar-refractivity contribution in [2.45, 2.75) is 42.3 Å². The van der Waals surface area contributed by atoms with Gasteiger partial charge in [0.25, 0.3) is 0 Å². The predicted molar refractivity (Wildman–Crippen MR) is 129 cm³/mol. The van der Waals surface area contributed by atoms with Crippen LogP contribution in [0.1, 0.15) is 48.8 Å². The van der Waals surface area contributed by atoms with Gasteiger partial charge in [-0.05, 0) is 86.7 Å². The number of fused-ring (bicyclic) bond motifs is 2. The van der Waals surface area contributed by atoms with Crippen molar-refractivity contribution in [3.63, 3.8) is 0 Å². The smallest absolute Gasteiger partial charge is 0.235 e. The van der Waals surface area contributed by atoms with Crippen LogP contribution in [0.5, 0.6) is 5.75 Å². The standard InChI is InChI=1S/C26H29N3O4S/c1-34(31,32)26(9-2-10-26)20-4-6-21(7-5-20)33-16-15-29-13-11-25(12-14-29)22-17-19(18-27)3-8-23(22)28-24(25)30/h3-8,17H,2,9-16H2,1H3,(H,28,30). The summed E-state index contributed by atoms with van der Waals surface area (Å²) >= 11 is 0. The van der Waals surface area contributed by atoms with Gasteiger partial charge in [-0.3, -0.25) is 9.69 Å². The van der Waals surface area contributed by atoms with Gasteiger partial charge >= 0.3 is 0 Å². The topological polar surface area (TPSA) is 99.5 Å². The van der Waals surface area contributed by atoms with Crippen molar-refractivity contribution in [1.82, 2.24) is 4.90 Å². The fraction of sp³-hybridized carbons (Fsp3) is 0.462. The number of hydrogen-bond acceptors (Lipinski definition) is 6. The molecule has 0 aromatic heterocycles. The molecule has 3 aliphatic rings. The summed E-state index contributed by atoms with van der Waals surface area (Å²) in [5.41, 5.74) is 2.66. The molecule has 0 radical (unpaired) electrons. The maximum atomic E-state index is 12.8. The number of sulfone groups is 1. The molecular formula is C26H29N3O4S. The number of likely N-dealkylation sites (tertiary alicyclic amines) is 1. The van der Waals surface area contributed by atoms with Crippen LogP contribution in [0, 0.1) is 11.3 Å². The van der Waals surface area contributed by atoms with Gasteiger partial charge in [0.2, 0.25) is 5.91 Å². The summed E-state index contributed by atoms with van der Waals surface area (Å²) in [5.74, 6) is 0.764. The lowest BCUT2D eigenvalue weighted by Gasteiger charge is -2.40. The molecule has 178 valence electrons. The molecule has 0 atom stereocenters. The quantitative estimate of drug-likeness (QED) is 0.682. The summed E-state index contributed by atoms with van der Waals surface area (Å²) in [7, 11) is -3.15. The second-order valence-corrected chi connectivity index (χ2v) is 12.1. The van der Waals surface area contributed by atoms with E-state index in [1.807, 2.05) is 36.4 Å². The Kier molecular flexibility index (Phi) is 5.65. The first kappa shape index (κ1) is 22.9. The molecule has 1 N–H and O–H groups in total. The summed E-state index contributed by atoms with van der Waals surface area (Å²) < 4.78 is 29.8. The summed E-state index contributed by atoms with van der Waals surface area (Å²) in [4.78, 5) is 15.1. The first-order chi connectivity index (χ1) is 16.3. The van der Waals surface area contributed by atoms with E-state index in [0.717, 1.165) is 48.6 Å². The zero-order chi connectivity index (χ0) is 24.0. The Bertz CT molecular complexity index is 1250. The van der Waals surface area contributed by atoms with Crippen molar-refractivity contribution in [1.29, 1.82) is 5.26 Å². The first-order valence-corrected chi connectivity index (χ1v) is 13.7. The Hall–Kier alpha value is -2.89. The SMILES string of the molecule is CS(=O)(=O)C1(c2ccc(OCCN3CCC4(CC3)C(=O)Nc3ccc(C#N)cc34)cc2)CCC1. The first-order valence-electron chi connectivity index (χ1n) is 11.8. The fourth-order valence-electron chi connectivity index (χ4n) is 5.66. The minimum absolute atomic E-state index is 0.0342. The van der Waals surface area contributed by atoms with E-state index >= 15 is 0 Å². The van der Waals surface area contributed by atoms with Crippen LogP contribution in [0.2, 0.25) is 0 Å². The molecule has 2 aromatic carbocycles. The molecular weight excluding hydrogens is 450 g/mol. The maximum Gasteiger partial charge on any atom is 0.235 e. The van der Waals surface area contributed by atoms with Gasteiger partial charge < -0.3 is 10.1 Å². The van der Waals surface area contributed by atoms with Crippen LogP contribution in [-0.4, -0.2) is 51.7 Å². The zero-order valence-electron chi connectivity index (χ0n) is 19.3. The fourth-order valence-corrected chi connectivity index (χ4v) is 7.25. The number of nitrogens with one attached hydrogen (secondary N) is 1. The van der Waals surface area contributed by atoms with E-state index in [2.05, 4.69) is 16.3 Å². The number of benzene rings is 2. The Morgan fingerprint density at radius 3 is 2.38 bits per heavy atom. The van der Waals surface area contributed by atoms with Gasteiger partial charge in [0.15, 0.2) is 9.84 Å². The summed E-state index contributed by atoms with van der Waals surface area (Å²) in [6.07, 6.45) is 5.06. The molecule has 0 unspecified atom stereocenters. The number of amides is 1. The zero-order valence-corrected chi connectivity index (χ0v) is 20.2. The minimum atomic E-state index is -3.15. The molecule has 2 fully saturated rings. The average molecular weight is 480 g/mol.